The molecule has 0 saturated heterocycles. The average molecular weight is 731 g/mol. The summed E-state index contributed by atoms with van der Waals surface area (Å²) in [5, 5.41) is 9.79. The first-order chi connectivity index (χ1) is 23.4. The molecule has 2 aromatic rings. The second kappa shape index (κ2) is 18.5. The van der Waals surface area contributed by atoms with Crippen LogP contribution in [0.4, 0.5) is 14.9 Å². The fourth-order valence-electron chi connectivity index (χ4n) is 5.99. The number of methoxy groups -OCH3 is 2. The molecule has 14 heteroatoms. The molecule has 50 heavy (non-hydrogen) atoms. The highest BCUT2D eigenvalue weighted by Crippen LogP contribution is 2.42. The third-order valence-corrected chi connectivity index (χ3v) is 14.8. The van der Waals surface area contributed by atoms with Gasteiger partial charge >= 0.3 is 12.1 Å². The molecule has 274 valence electrons. The van der Waals surface area contributed by atoms with Gasteiger partial charge in [-0.05, 0) is 73.5 Å². The fourth-order valence-corrected chi connectivity index (χ4v) is 11.9. The van der Waals surface area contributed by atoms with Gasteiger partial charge in [0.05, 0.1) is 38.1 Å². The fraction of sp³-hybridized carbons (Fsp3) is 0.528. The van der Waals surface area contributed by atoms with Gasteiger partial charge in [0, 0.05) is 11.6 Å². The van der Waals surface area contributed by atoms with Crippen molar-refractivity contribution in [3.8, 4) is 17.6 Å². The summed E-state index contributed by atoms with van der Waals surface area (Å²) < 4.78 is 44.7. The monoisotopic (exact) mass is 730 g/mol. The zero-order chi connectivity index (χ0) is 38.0. The summed E-state index contributed by atoms with van der Waals surface area (Å²) in [5.41, 5.74) is 6.84. The predicted molar refractivity (Wildman–Crippen MR) is 199 cm³/mol. The number of esters is 1. The number of hydrogen-bond donors (Lipinski definition) is 1. The summed E-state index contributed by atoms with van der Waals surface area (Å²) in [6.07, 6.45) is 0.709. The number of nitrogens with two attached hydrogens (primary N) is 1. The highest BCUT2D eigenvalue weighted by atomic mass is 32.2. The van der Waals surface area contributed by atoms with E-state index in [1.807, 2.05) is 6.07 Å². The lowest BCUT2D eigenvalue weighted by Gasteiger charge is -2.42. The van der Waals surface area contributed by atoms with Crippen molar-refractivity contribution < 1.29 is 37.4 Å². The maximum atomic E-state index is 16.5. The largest absolute Gasteiger partial charge is 0.497 e. The summed E-state index contributed by atoms with van der Waals surface area (Å²) >= 11 is 1.03. The molecule has 0 aliphatic heterocycles. The number of aliphatic imine (C=N–C) groups is 2. The number of benzene rings is 2. The number of carbonyl (C=O) groups excluding carboxylic acids is 2. The molecule has 2 N–H and O–H groups in total. The van der Waals surface area contributed by atoms with E-state index in [-0.39, 0.29) is 57.8 Å². The molecule has 2 rings (SSSR count). The van der Waals surface area contributed by atoms with Gasteiger partial charge in [0.1, 0.15) is 34.8 Å². The molecule has 0 heterocycles. The number of hydrogen-bond acceptors (Lipinski definition) is 11. The van der Waals surface area contributed by atoms with Gasteiger partial charge in [-0.15, -0.1) is 11.8 Å². The molecule has 1 amide bonds. The van der Waals surface area contributed by atoms with E-state index in [0.717, 1.165) is 11.8 Å². The standard InChI is InChI=1S/C36H51FN4O7SSi/c1-21(2)50(22(3)4,23(5)6)47-16-15-46-29-19-26(44-10)18-28(30(29)37)32(33(49-12)41-35(43)45-11)40-25-14-13-24(20-38)27(17-25)31(39)34(42)48-36(7,8)9/h13-14,17-19,21-23,31H,15-16,39H2,1-12H3. The number of rotatable bonds is 14. The van der Waals surface area contributed by atoms with E-state index in [1.54, 1.807) is 27.0 Å². The van der Waals surface area contributed by atoms with Crippen molar-refractivity contribution >= 4 is 48.6 Å². The minimum absolute atomic E-state index is 0.0159. The zero-order valence-electron chi connectivity index (χ0n) is 31.2. The van der Waals surface area contributed by atoms with Crippen molar-refractivity contribution in [2.24, 2.45) is 15.7 Å². The summed E-state index contributed by atoms with van der Waals surface area (Å²) in [7, 11) is 0.411. The van der Waals surface area contributed by atoms with Crippen molar-refractivity contribution in [2.45, 2.75) is 90.6 Å². The highest BCUT2D eigenvalue weighted by Gasteiger charge is 2.45. The van der Waals surface area contributed by atoms with E-state index in [4.69, 9.17) is 29.1 Å². The van der Waals surface area contributed by atoms with Crippen LogP contribution in [0.1, 0.15) is 85.0 Å². The molecule has 1 unspecified atom stereocenters. The quantitative estimate of drug-likeness (QED) is 0.0660. The van der Waals surface area contributed by atoms with Crippen molar-refractivity contribution in [1.82, 2.24) is 0 Å². The number of amides is 1. The van der Waals surface area contributed by atoms with Gasteiger partial charge < -0.3 is 29.1 Å². The van der Waals surface area contributed by atoms with E-state index < -0.39 is 37.8 Å². The SMILES string of the molecule is COC(=O)N=C(SC)C(=Nc1ccc(C#N)c(C(N)C(=O)OC(C)(C)C)c1)c1cc(OC)cc(OCCO[Si](C(C)C)(C(C)C)C(C)C)c1F. The average Bonchev–Trinajstić information content (AvgIpc) is 3.05. The lowest BCUT2D eigenvalue weighted by molar-refractivity contribution is -0.156. The molecule has 0 aromatic heterocycles. The lowest BCUT2D eigenvalue weighted by atomic mass is 10.00. The van der Waals surface area contributed by atoms with Crippen LogP contribution < -0.4 is 15.2 Å². The first kappa shape index (κ1) is 42.4. The number of nitrogens with zero attached hydrogens (tertiary/aromatic N) is 3. The Morgan fingerprint density at radius 1 is 1.02 bits per heavy atom. The zero-order valence-corrected chi connectivity index (χ0v) is 33.0. The van der Waals surface area contributed by atoms with Crippen molar-refractivity contribution in [1.29, 1.82) is 5.26 Å². The van der Waals surface area contributed by atoms with Crippen molar-refractivity contribution in [2.75, 3.05) is 33.7 Å². The third-order valence-electron chi connectivity index (χ3n) is 8.06. The van der Waals surface area contributed by atoms with E-state index in [9.17, 15) is 14.9 Å². The van der Waals surface area contributed by atoms with Crippen LogP contribution in [0.2, 0.25) is 16.6 Å². The summed E-state index contributed by atoms with van der Waals surface area (Å²) in [4.78, 5) is 33.9. The van der Waals surface area contributed by atoms with Crippen LogP contribution in [0.5, 0.6) is 11.5 Å². The Balaban J connectivity index is 2.72. The van der Waals surface area contributed by atoms with E-state index in [0.29, 0.717) is 16.6 Å². The second-order valence-electron chi connectivity index (χ2n) is 13.4. The van der Waals surface area contributed by atoms with Gasteiger partial charge in [-0.1, -0.05) is 41.5 Å². The molecule has 0 saturated carbocycles. The van der Waals surface area contributed by atoms with Crippen LogP contribution in [-0.2, 0) is 18.7 Å². The maximum Gasteiger partial charge on any atom is 0.434 e. The Morgan fingerprint density at radius 2 is 1.64 bits per heavy atom. The summed E-state index contributed by atoms with van der Waals surface area (Å²) in [5.74, 6) is -1.39. The Morgan fingerprint density at radius 3 is 2.14 bits per heavy atom. The van der Waals surface area contributed by atoms with Gasteiger partial charge in [0.15, 0.2) is 19.9 Å². The summed E-state index contributed by atoms with van der Waals surface area (Å²) in [6.45, 7) is 18.5. The highest BCUT2D eigenvalue weighted by molar-refractivity contribution is 8.15. The Kier molecular flexibility index (Phi) is 15.7. The number of halogens is 1. The number of nitriles is 1. The van der Waals surface area contributed by atoms with Crippen LogP contribution in [0, 0.1) is 17.1 Å². The number of carbonyl (C=O) groups is 2. The topological polar surface area (TPSA) is 155 Å². The number of thioether (sulfide) groups is 1. The Labute approximate surface area is 300 Å². The van der Waals surface area contributed by atoms with Crippen LogP contribution in [0.3, 0.4) is 0 Å². The first-order valence-corrected chi connectivity index (χ1v) is 19.7. The minimum atomic E-state index is -2.19. The number of ether oxygens (including phenoxy) is 4. The molecular weight excluding hydrogens is 680 g/mol. The molecule has 0 aliphatic rings. The van der Waals surface area contributed by atoms with Crippen LogP contribution in [-0.4, -0.2) is 70.4 Å². The van der Waals surface area contributed by atoms with E-state index in [1.165, 1.54) is 44.6 Å². The molecule has 11 nitrogen and oxygen atoms in total. The van der Waals surface area contributed by atoms with Gasteiger partial charge in [-0.2, -0.15) is 10.3 Å². The Hall–Kier alpha value is -3.77. The van der Waals surface area contributed by atoms with Gasteiger partial charge in [0.25, 0.3) is 0 Å². The normalized spacial score (nSPS) is 13.4. The smallest absolute Gasteiger partial charge is 0.434 e. The minimum Gasteiger partial charge on any atom is -0.497 e. The van der Waals surface area contributed by atoms with Crippen LogP contribution in [0.15, 0.2) is 40.3 Å². The van der Waals surface area contributed by atoms with Crippen LogP contribution in [0.25, 0.3) is 0 Å². The predicted octanol–water partition coefficient (Wildman–Crippen LogP) is 8.27. The molecule has 0 radical (unpaired) electrons. The molecule has 0 bridgehead atoms. The molecule has 0 spiro atoms. The van der Waals surface area contributed by atoms with Gasteiger partial charge in [-0.25, -0.2) is 19.0 Å². The third kappa shape index (κ3) is 10.6. The summed E-state index contributed by atoms with van der Waals surface area (Å²) in [6, 6.07) is 7.92. The molecule has 2 aromatic carbocycles. The lowest BCUT2D eigenvalue weighted by Crippen LogP contribution is -2.48. The van der Waals surface area contributed by atoms with Gasteiger partial charge in [0.2, 0.25) is 0 Å². The van der Waals surface area contributed by atoms with E-state index >= 15 is 4.39 Å². The first-order valence-electron chi connectivity index (χ1n) is 16.3. The molecule has 1 atom stereocenters. The van der Waals surface area contributed by atoms with Gasteiger partial charge in [-0.3, -0.25) is 0 Å². The van der Waals surface area contributed by atoms with Crippen molar-refractivity contribution in [3.63, 3.8) is 0 Å². The van der Waals surface area contributed by atoms with E-state index in [2.05, 4.69) is 51.5 Å². The van der Waals surface area contributed by atoms with Crippen LogP contribution >= 0.6 is 11.8 Å². The second-order valence-corrected chi connectivity index (χ2v) is 19.7. The Bertz CT molecular complexity index is 1590. The molecular formula is C36H51FN4O7SSi. The maximum absolute atomic E-state index is 16.5. The van der Waals surface area contributed by atoms with Crippen molar-refractivity contribution in [3.05, 3.63) is 52.8 Å². The molecule has 0 aliphatic carbocycles. The molecule has 0 fully saturated rings.